The third kappa shape index (κ3) is 3.06. The molecule has 0 saturated carbocycles. The highest BCUT2D eigenvalue weighted by Gasteiger charge is 2.41. The molecule has 0 radical (unpaired) electrons. The normalized spacial score (nSPS) is 25.4. The van der Waals surface area contributed by atoms with Crippen molar-refractivity contribution in [2.75, 3.05) is 11.5 Å². The Bertz CT molecular complexity index is 577. The van der Waals surface area contributed by atoms with E-state index in [-0.39, 0.29) is 17.0 Å². The summed E-state index contributed by atoms with van der Waals surface area (Å²) in [4.78, 5) is 0. The minimum Gasteiger partial charge on any atom is -0.310 e. The maximum absolute atomic E-state index is 11.8. The minimum atomic E-state index is -2.92. The van der Waals surface area contributed by atoms with Crippen LogP contribution >= 0.6 is 0 Å². The van der Waals surface area contributed by atoms with E-state index in [9.17, 15) is 8.42 Å². The van der Waals surface area contributed by atoms with Crippen molar-refractivity contribution in [3.63, 3.8) is 0 Å². The molecule has 0 amide bonds. The van der Waals surface area contributed by atoms with Gasteiger partial charge in [-0.3, -0.25) is 4.68 Å². The number of nitrogens with one attached hydrogen (secondary N) is 1. The van der Waals surface area contributed by atoms with Crippen LogP contribution in [0.15, 0.2) is 6.20 Å². The molecule has 0 bridgehead atoms. The van der Waals surface area contributed by atoms with Crippen LogP contribution in [0.4, 0.5) is 0 Å². The average Bonchev–Trinajstić information content (AvgIpc) is 2.88. The van der Waals surface area contributed by atoms with E-state index < -0.39 is 9.84 Å². The van der Waals surface area contributed by atoms with Gasteiger partial charge in [0.05, 0.1) is 23.2 Å². The zero-order valence-electron chi connectivity index (χ0n) is 12.8. The molecule has 1 fully saturated rings. The van der Waals surface area contributed by atoms with Gasteiger partial charge in [-0.2, -0.15) is 5.10 Å². The molecule has 1 aliphatic rings. The summed E-state index contributed by atoms with van der Waals surface area (Å²) in [5.41, 5.74) is 1.93. The first kappa shape index (κ1) is 15.5. The van der Waals surface area contributed by atoms with Gasteiger partial charge in [0.2, 0.25) is 0 Å². The molecule has 0 aromatic carbocycles. The van der Waals surface area contributed by atoms with Crippen molar-refractivity contribution in [2.24, 2.45) is 0 Å². The van der Waals surface area contributed by atoms with Crippen molar-refractivity contribution in [1.29, 1.82) is 0 Å². The first-order valence-electron chi connectivity index (χ1n) is 7.27. The van der Waals surface area contributed by atoms with Crippen molar-refractivity contribution in [1.82, 2.24) is 15.1 Å². The third-order valence-electron chi connectivity index (χ3n) is 3.98. The van der Waals surface area contributed by atoms with Crippen molar-refractivity contribution in [2.45, 2.75) is 58.7 Å². The van der Waals surface area contributed by atoms with Gasteiger partial charge in [0.1, 0.15) is 0 Å². The van der Waals surface area contributed by atoms with E-state index in [1.807, 2.05) is 17.8 Å². The van der Waals surface area contributed by atoms with Crippen LogP contribution in [0.3, 0.4) is 0 Å². The zero-order chi connectivity index (χ0) is 15.0. The fourth-order valence-electron chi connectivity index (χ4n) is 2.87. The number of sulfone groups is 1. The SMILES string of the molecule is CCc1c(CNC(C)C)cnn1C1(C)CCS(=O)(=O)C1. The van der Waals surface area contributed by atoms with Crippen LogP contribution in [-0.2, 0) is 28.3 Å². The van der Waals surface area contributed by atoms with Gasteiger partial charge in [0.25, 0.3) is 0 Å². The van der Waals surface area contributed by atoms with Crippen molar-refractivity contribution in [3.8, 4) is 0 Å². The highest BCUT2D eigenvalue weighted by molar-refractivity contribution is 7.91. The lowest BCUT2D eigenvalue weighted by Crippen LogP contribution is -2.34. The summed E-state index contributed by atoms with van der Waals surface area (Å²) in [6.45, 7) is 9.11. The number of aromatic nitrogens is 2. The molecule has 0 spiro atoms. The molecular formula is C14H25N3O2S. The van der Waals surface area contributed by atoms with Gasteiger partial charge < -0.3 is 5.32 Å². The lowest BCUT2D eigenvalue weighted by molar-refractivity contribution is 0.318. The minimum absolute atomic E-state index is 0.200. The predicted molar refractivity (Wildman–Crippen MR) is 80.5 cm³/mol. The molecule has 114 valence electrons. The fourth-order valence-corrected chi connectivity index (χ4v) is 4.98. The summed E-state index contributed by atoms with van der Waals surface area (Å²) in [6, 6.07) is 0.422. The predicted octanol–water partition coefficient (Wildman–Crippen LogP) is 1.48. The Balaban J connectivity index is 2.29. The Morgan fingerprint density at radius 1 is 1.50 bits per heavy atom. The van der Waals surface area contributed by atoms with Crippen LogP contribution in [0.1, 0.15) is 45.4 Å². The lowest BCUT2D eigenvalue weighted by Gasteiger charge is -2.25. The Hall–Kier alpha value is -0.880. The fraction of sp³-hybridized carbons (Fsp3) is 0.786. The van der Waals surface area contributed by atoms with Crippen LogP contribution in [0, 0.1) is 0 Å². The Morgan fingerprint density at radius 3 is 2.70 bits per heavy atom. The maximum Gasteiger partial charge on any atom is 0.152 e. The molecule has 1 unspecified atom stereocenters. The van der Waals surface area contributed by atoms with E-state index in [0.717, 1.165) is 18.7 Å². The van der Waals surface area contributed by atoms with Gasteiger partial charge in [-0.25, -0.2) is 8.42 Å². The van der Waals surface area contributed by atoms with Crippen LogP contribution < -0.4 is 5.32 Å². The number of hydrogen-bond acceptors (Lipinski definition) is 4. The van der Waals surface area contributed by atoms with E-state index in [2.05, 4.69) is 31.2 Å². The molecule has 2 heterocycles. The number of nitrogens with zero attached hydrogens (tertiary/aromatic N) is 2. The monoisotopic (exact) mass is 299 g/mol. The summed E-state index contributed by atoms with van der Waals surface area (Å²) >= 11 is 0. The molecule has 5 nitrogen and oxygen atoms in total. The van der Waals surface area contributed by atoms with E-state index >= 15 is 0 Å². The quantitative estimate of drug-likeness (QED) is 0.894. The van der Waals surface area contributed by atoms with Crippen LogP contribution in [-0.4, -0.2) is 35.7 Å². The van der Waals surface area contributed by atoms with Crippen LogP contribution in [0.5, 0.6) is 0 Å². The van der Waals surface area contributed by atoms with Gasteiger partial charge in [-0.05, 0) is 19.8 Å². The highest BCUT2D eigenvalue weighted by atomic mass is 32.2. The van der Waals surface area contributed by atoms with E-state index in [1.165, 1.54) is 5.56 Å². The van der Waals surface area contributed by atoms with Gasteiger partial charge in [0.15, 0.2) is 9.84 Å². The molecule has 1 N–H and O–H groups in total. The van der Waals surface area contributed by atoms with Crippen molar-refractivity contribution in [3.05, 3.63) is 17.5 Å². The summed E-state index contributed by atoms with van der Waals surface area (Å²) in [6.07, 6.45) is 3.40. The smallest absolute Gasteiger partial charge is 0.152 e. The zero-order valence-corrected chi connectivity index (χ0v) is 13.6. The molecule has 1 aromatic heterocycles. The average molecular weight is 299 g/mol. The van der Waals surface area contributed by atoms with Crippen LogP contribution in [0.25, 0.3) is 0 Å². The topological polar surface area (TPSA) is 64.0 Å². The Kier molecular flexibility index (Phi) is 4.25. The third-order valence-corrected chi connectivity index (χ3v) is 5.87. The van der Waals surface area contributed by atoms with Crippen molar-refractivity contribution < 1.29 is 8.42 Å². The molecule has 1 atom stereocenters. The molecule has 1 saturated heterocycles. The molecule has 1 aliphatic heterocycles. The Morgan fingerprint density at radius 2 is 2.20 bits per heavy atom. The van der Waals surface area contributed by atoms with E-state index in [4.69, 9.17) is 0 Å². The first-order valence-corrected chi connectivity index (χ1v) is 9.09. The summed E-state index contributed by atoms with van der Waals surface area (Å²) < 4.78 is 25.5. The summed E-state index contributed by atoms with van der Waals surface area (Å²) in [5.74, 6) is 0.470. The maximum atomic E-state index is 11.8. The standard InChI is InChI=1S/C14H25N3O2S/c1-5-13-12(8-15-11(2)3)9-16-17(13)14(4)6-7-20(18,19)10-14/h9,11,15H,5-8,10H2,1-4H3. The van der Waals surface area contributed by atoms with E-state index in [1.54, 1.807) is 0 Å². The number of rotatable bonds is 5. The summed E-state index contributed by atoms with van der Waals surface area (Å²) in [7, 11) is -2.92. The van der Waals surface area contributed by atoms with Crippen LogP contribution in [0.2, 0.25) is 0 Å². The molecular weight excluding hydrogens is 274 g/mol. The van der Waals surface area contributed by atoms with Gasteiger partial charge in [0, 0.05) is 23.8 Å². The Labute approximate surface area is 121 Å². The second-order valence-corrected chi connectivity index (χ2v) is 8.44. The van der Waals surface area contributed by atoms with Gasteiger partial charge in [-0.1, -0.05) is 20.8 Å². The van der Waals surface area contributed by atoms with E-state index in [0.29, 0.717) is 12.5 Å². The first-order chi connectivity index (χ1) is 9.27. The second kappa shape index (κ2) is 5.48. The second-order valence-electron chi connectivity index (χ2n) is 6.26. The molecule has 0 aliphatic carbocycles. The molecule has 20 heavy (non-hydrogen) atoms. The lowest BCUT2D eigenvalue weighted by atomic mass is 10.0. The highest BCUT2D eigenvalue weighted by Crippen LogP contribution is 2.32. The van der Waals surface area contributed by atoms with Gasteiger partial charge in [-0.15, -0.1) is 0 Å². The largest absolute Gasteiger partial charge is 0.310 e. The molecule has 6 heteroatoms. The molecule has 2 rings (SSSR count). The van der Waals surface area contributed by atoms with Gasteiger partial charge >= 0.3 is 0 Å². The summed E-state index contributed by atoms with van der Waals surface area (Å²) in [5, 5.41) is 7.89. The van der Waals surface area contributed by atoms with Crippen molar-refractivity contribution >= 4 is 9.84 Å². The number of hydrogen-bond donors (Lipinski definition) is 1. The molecule has 1 aromatic rings.